The van der Waals surface area contributed by atoms with Crippen molar-refractivity contribution in [3.05, 3.63) is 11.6 Å². The SMILES string of the molecule is CCC1CCCC(N)(CC=C(C)C)C1. The van der Waals surface area contributed by atoms with Gasteiger partial charge in [0, 0.05) is 5.54 Å². The van der Waals surface area contributed by atoms with Crippen molar-refractivity contribution in [2.45, 2.75) is 64.8 Å². The predicted octanol–water partition coefficient (Wildman–Crippen LogP) is 3.64. The van der Waals surface area contributed by atoms with E-state index in [1.54, 1.807) is 0 Å². The van der Waals surface area contributed by atoms with E-state index in [9.17, 15) is 0 Å². The van der Waals surface area contributed by atoms with Gasteiger partial charge in [0.15, 0.2) is 0 Å². The number of hydrogen-bond donors (Lipinski definition) is 1. The first-order valence-electron chi connectivity index (χ1n) is 5.98. The van der Waals surface area contributed by atoms with E-state index in [2.05, 4.69) is 26.8 Å². The van der Waals surface area contributed by atoms with Crippen molar-refractivity contribution < 1.29 is 0 Å². The summed E-state index contributed by atoms with van der Waals surface area (Å²) in [5.74, 6) is 0.874. The van der Waals surface area contributed by atoms with Gasteiger partial charge in [-0.05, 0) is 39.0 Å². The van der Waals surface area contributed by atoms with Gasteiger partial charge in [0.2, 0.25) is 0 Å². The normalized spacial score (nSPS) is 32.7. The lowest BCUT2D eigenvalue weighted by molar-refractivity contribution is 0.221. The van der Waals surface area contributed by atoms with E-state index >= 15 is 0 Å². The molecule has 0 heterocycles. The van der Waals surface area contributed by atoms with Crippen LogP contribution in [0, 0.1) is 5.92 Å². The molecule has 2 atom stereocenters. The van der Waals surface area contributed by atoms with E-state index in [1.165, 1.54) is 37.7 Å². The lowest BCUT2D eigenvalue weighted by atomic mass is 9.73. The minimum absolute atomic E-state index is 0.107. The fourth-order valence-electron chi connectivity index (χ4n) is 2.46. The Morgan fingerprint density at radius 3 is 2.79 bits per heavy atom. The van der Waals surface area contributed by atoms with E-state index in [-0.39, 0.29) is 5.54 Å². The second-order valence-corrected chi connectivity index (χ2v) is 5.22. The van der Waals surface area contributed by atoms with E-state index in [0.717, 1.165) is 12.3 Å². The van der Waals surface area contributed by atoms with Crippen LogP contribution >= 0.6 is 0 Å². The quantitative estimate of drug-likeness (QED) is 0.684. The Balaban J connectivity index is 2.51. The smallest absolute Gasteiger partial charge is 0.0191 e. The number of allylic oxidation sites excluding steroid dienone is 1. The summed E-state index contributed by atoms with van der Waals surface area (Å²) in [4.78, 5) is 0. The maximum absolute atomic E-state index is 6.43. The summed E-state index contributed by atoms with van der Waals surface area (Å²) in [5.41, 5.74) is 7.93. The lowest BCUT2D eigenvalue weighted by Gasteiger charge is -2.37. The van der Waals surface area contributed by atoms with Gasteiger partial charge in [-0.15, -0.1) is 0 Å². The van der Waals surface area contributed by atoms with E-state index in [0.29, 0.717) is 0 Å². The van der Waals surface area contributed by atoms with Gasteiger partial charge in [-0.25, -0.2) is 0 Å². The summed E-state index contributed by atoms with van der Waals surface area (Å²) in [5, 5.41) is 0. The summed E-state index contributed by atoms with van der Waals surface area (Å²) < 4.78 is 0. The maximum Gasteiger partial charge on any atom is 0.0191 e. The molecule has 0 aromatic heterocycles. The van der Waals surface area contributed by atoms with Crippen LogP contribution in [0.15, 0.2) is 11.6 Å². The van der Waals surface area contributed by atoms with Crippen LogP contribution in [-0.2, 0) is 0 Å². The van der Waals surface area contributed by atoms with E-state index in [4.69, 9.17) is 5.73 Å². The zero-order valence-electron chi connectivity index (χ0n) is 9.97. The van der Waals surface area contributed by atoms with Gasteiger partial charge < -0.3 is 5.73 Å². The molecular formula is C13H25N. The van der Waals surface area contributed by atoms with Crippen LogP contribution in [0.2, 0.25) is 0 Å². The third kappa shape index (κ3) is 3.45. The summed E-state index contributed by atoms with van der Waals surface area (Å²) in [6, 6.07) is 0. The molecule has 0 amide bonds. The zero-order chi connectivity index (χ0) is 10.6. The highest BCUT2D eigenvalue weighted by Gasteiger charge is 2.30. The summed E-state index contributed by atoms with van der Waals surface area (Å²) in [6.07, 6.45) is 9.84. The van der Waals surface area contributed by atoms with E-state index in [1.807, 2.05) is 0 Å². The highest BCUT2D eigenvalue weighted by molar-refractivity contribution is 5.02. The van der Waals surface area contributed by atoms with Crippen molar-refractivity contribution in [1.82, 2.24) is 0 Å². The molecule has 2 unspecified atom stereocenters. The van der Waals surface area contributed by atoms with Crippen LogP contribution in [0.1, 0.15) is 59.3 Å². The monoisotopic (exact) mass is 195 g/mol. The average Bonchev–Trinajstić information content (AvgIpc) is 2.15. The molecule has 0 aliphatic heterocycles. The molecule has 82 valence electrons. The van der Waals surface area contributed by atoms with Crippen LogP contribution in [0.5, 0.6) is 0 Å². The Kier molecular flexibility index (Phi) is 4.18. The molecule has 0 aromatic rings. The van der Waals surface area contributed by atoms with Gasteiger partial charge in [-0.2, -0.15) is 0 Å². The molecule has 1 nitrogen and oxygen atoms in total. The van der Waals surface area contributed by atoms with Crippen molar-refractivity contribution in [2.75, 3.05) is 0 Å². The Morgan fingerprint density at radius 1 is 1.50 bits per heavy atom. The molecule has 1 rings (SSSR count). The van der Waals surface area contributed by atoms with Crippen molar-refractivity contribution in [1.29, 1.82) is 0 Å². The second kappa shape index (κ2) is 4.97. The molecular weight excluding hydrogens is 170 g/mol. The highest BCUT2D eigenvalue weighted by Crippen LogP contribution is 2.34. The molecule has 1 aliphatic carbocycles. The zero-order valence-corrected chi connectivity index (χ0v) is 9.97. The van der Waals surface area contributed by atoms with Crippen molar-refractivity contribution >= 4 is 0 Å². The first kappa shape index (κ1) is 11.8. The third-order valence-corrected chi connectivity index (χ3v) is 3.48. The van der Waals surface area contributed by atoms with Crippen LogP contribution in [0.4, 0.5) is 0 Å². The third-order valence-electron chi connectivity index (χ3n) is 3.48. The summed E-state index contributed by atoms with van der Waals surface area (Å²) in [7, 11) is 0. The Bertz CT molecular complexity index is 203. The van der Waals surface area contributed by atoms with Crippen LogP contribution in [-0.4, -0.2) is 5.54 Å². The first-order valence-corrected chi connectivity index (χ1v) is 5.98. The fourth-order valence-corrected chi connectivity index (χ4v) is 2.46. The van der Waals surface area contributed by atoms with Gasteiger partial charge in [0.25, 0.3) is 0 Å². The Morgan fingerprint density at radius 2 is 2.21 bits per heavy atom. The molecule has 2 N–H and O–H groups in total. The molecule has 0 radical (unpaired) electrons. The summed E-state index contributed by atoms with van der Waals surface area (Å²) in [6.45, 7) is 6.60. The molecule has 14 heavy (non-hydrogen) atoms. The van der Waals surface area contributed by atoms with Gasteiger partial charge in [-0.1, -0.05) is 37.8 Å². The molecule has 0 bridgehead atoms. The molecule has 0 aromatic carbocycles. The van der Waals surface area contributed by atoms with Gasteiger partial charge in [0.05, 0.1) is 0 Å². The topological polar surface area (TPSA) is 26.0 Å². The number of nitrogens with two attached hydrogens (primary N) is 1. The number of rotatable bonds is 3. The standard InChI is InChI=1S/C13H25N/c1-4-12-6-5-8-13(14,10-12)9-7-11(2)3/h7,12H,4-6,8-10,14H2,1-3H3. The second-order valence-electron chi connectivity index (χ2n) is 5.22. The molecule has 0 spiro atoms. The minimum atomic E-state index is 0.107. The molecule has 1 heteroatoms. The van der Waals surface area contributed by atoms with Gasteiger partial charge in [-0.3, -0.25) is 0 Å². The largest absolute Gasteiger partial charge is 0.325 e. The van der Waals surface area contributed by atoms with Crippen molar-refractivity contribution in [2.24, 2.45) is 11.7 Å². The number of hydrogen-bond acceptors (Lipinski definition) is 1. The Hall–Kier alpha value is -0.300. The summed E-state index contributed by atoms with van der Waals surface area (Å²) >= 11 is 0. The first-order chi connectivity index (χ1) is 6.56. The maximum atomic E-state index is 6.43. The van der Waals surface area contributed by atoms with Crippen LogP contribution in [0.3, 0.4) is 0 Å². The highest BCUT2D eigenvalue weighted by atomic mass is 14.7. The van der Waals surface area contributed by atoms with Crippen molar-refractivity contribution in [3.8, 4) is 0 Å². The Labute approximate surface area is 88.8 Å². The minimum Gasteiger partial charge on any atom is -0.325 e. The average molecular weight is 195 g/mol. The van der Waals surface area contributed by atoms with Gasteiger partial charge in [0.1, 0.15) is 0 Å². The molecule has 1 aliphatic rings. The molecule has 1 saturated carbocycles. The predicted molar refractivity (Wildman–Crippen MR) is 63.2 cm³/mol. The fraction of sp³-hybridized carbons (Fsp3) is 0.846. The molecule has 1 fully saturated rings. The van der Waals surface area contributed by atoms with E-state index < -0.39 is 0 Å². The van der Waals surface area contributed by atoms with Crippen LogP contribution in [0.25, 0.3) is 0 Å². The van der Waals surface area contributed by atoms with Crippen LogP contribution < -0.4 is 5.73 Å². The molecule has 0 saturated heterocycles. The van der Waals surface area contributed by atoms with Crippen molar-refractivity contribution in [3.63, 3.8) is 0 Å². The lowest BCUT2D eigenvalue weighted by Crippen LogP contribution is -2.43. The van der Waals surface area contributed by atoms with Gasteiger partial charge >= 0.3 is 0 Å².